The van der Waals surface area contributed by atoms with Gasteiger partial charge in [0.15, 0.2) is 0 Å². The average molecular weight is 370 g/mol. The Bertz CT molecular complexity index is 260. The molecule has 0 fully saturated rings. The van der Waals surface area contributed by atoms with Crippen LogP contribution < -0.4 is 0 Å². The summed E-state index contributed by atoms with van der Waals surface area (Å²) in [5.41, 5.74) is -0.0671. The number of rotatable bonds is 1. The normalized spacial score (nSPS) is 8.36. The first-order valence-electron chi connectivity index (χ1n) is 2.73. The predicted molar refractivity (Wildman–Crippen MR) is 35.1 cm³/mol. The molecule has 1 rings (SSSR count). The van der Waals surface area contributed by atoms with Gasteiger partial charge >= 0.3 is 5.97 Å². The zero-order valence-corrected chi connectivity index (χ0v) is 9.72. The van der Waals surface area contributed by atoms with Crippen molar-refractivity contribution in [2.45, 2.75) is 0 Å². The average Bonchev–Trinajstić information content (AvgIpc) is 1.88. The molecule has 0 radical (unpaired) electrons. The van der Waals surface area contributed by atoms with Gasteiger partial charge < -0.3 is 10.2 Å². The molecule has 0 unspecified atom stereocenters. The summed E-state index contributed by atoms with van der Waals surface area (Å²) in [7, 11) is 0. The minimum atomic E-state index is -1.11. The molecule has 0 amide bonds. The van der Waals surface area contributed by atoms with Gasteiger partial charge in [-0.2, -0.15) is 0 Å². The van der Waals surface area contributed by atoms with E-state index in [1.165, 1.54) is 12.1 Å². The largest absolute Gasteiger partial charge is 0.507 e. The van der Waals surface area contributed by atoms with Crippen LogP contribution in [0.1, 0.15) is 10.4 Å². The fourth-order valence-corrected chi connectivity index (χ4v) is 0.654. The molecular formula is C7H6O3Th. The minimum absolute atomic E-state index is 0. The number of carboxylic acid groups (broad SMARTS) is 1. The van der Waals surface area contributed by atoms with Crippen LogP contribution >= 0.6 is 0 Å². The summed E-state index contributed by atoms with van der Waals surface area (Å²) in [5, 5.41) is 17.3. The van der Waals surface area contributed by atoms with Crippen molar-refractivity contribution >= 4 is 5.97 Å². The van der Waals surface area contributed by atoms with Gasteiger partial charge in [0.1, 0.15) is 11.3 Å². The molecule has 0 aliphatic rings. The van der Waals surface area contributed by atoms with Crippen molar-refractivity contribution in [1.82, 2.24) is 0 Å². The number of carbonyl (C=O) groups is 1. The maximum absolute atomic E-state index is 10.3. The van der Waals surface area contributed by atoms with Gasteiger partial charge in [-0.15, -0.1) is 0 Å². The summed E-state index contributed by atoms with van der Waals surface area (Å²) < 4.78 is 0. The maximum atomic E-state index is 10.3. The molecule has 4 heteroatoms. The number of hydrogen-bond acceptors (Lipinski definition) is 2. The third-order valence-corrected chi connectivity index (χ3v) is 1.13. The second-order valence-corrected chi connectivity index (χ2v) is 1.82. The Morgan fingerprint density at radius 1 is 1.27 bits per heavy atom. The first-order chi connectivity index (χ1) is 4.72. The summed E-state index contributed by atoms with van der Waals surface area (Å²) in [6.45, 7) is 0. The fourth-order valence-electron chi connectivity index (χ4n) is 0.654. The number of phenols is 1. The number of benzene rings is 1. The predicted octanol–water partition coefficient (Wildman–Crippen LogP) is 1.09. The Balaban J connectivity index is 0.000001000. The Kier molecular flexibility index (Phi) is 4.57. The van der Waals surface area contributed by atoms with Crippen molar-refractivity contribution in [3.05, 3.63) is 29.8 Å². The molecule has 0 heterocycles. The van der Waals surface area contributed by atoms with Gasteiger partial charge in [0, 0.05) is 39.9 Å². The van der Waals surface area contributed by atoms with E-state index in [1.807, 2.05) is 0 Å². The summed E-state index contributed by atoms with van der Waals surface area (Å²) in [6.07, 6.45) is 0. The van der Waals surface area contributed by atoms with Crippen molar-refractivity contribution in [1.29, 1.82) is 0 Å². The van der Waals surface area contributed by atoms with E-state index in [1.54, 1.807) is 12.1 Å². The molecule has 0 spiro atoms. The Labute approximate surface area is 95.7 Å². The molecule has 56 valence electrons. The van der Waals surface area contributed by atoms with Crippen molar-refractivity contribution in [3.8, 4) is 5.75 Å². The van der Waals surface area contributed by atoms with Crippen molar-refractivity contribution in [2.24, 2.45) is 0 Å². The van der Waals surface area contributed by atoms with Crippen LogP contribution in [0.2, 0.25) is 0 Å². The Hall–Kier alpha value is -0.185. The summed E-state index contributed by atoms with van der Waals surface area (Å²) in [6, 6.07) is 5.81. The first kappa shape index (κ1) is 10.8. The van der Waals surface area contributed by atoms with E-state index in [-0.39, 0.29) is 51.3 Å². The molecule has 0 atom stereocenters. The van der Waals surface area contributed by atoms with Gasteiger partial charge in [-0.1, -0.05) is 12.1 Å². The van der Waals surface area contributed by atoms with Crippen molar-refractivity contribution in [2.75, 3.05) is 0 Å². The summed E-state index contributed by atoms with van der Waals surface area (Å²) in [5.74, 6) is -1.31. The number of hydrogen-bond donors (Lipinski definition) is 2. The van der Waals surface area contributed by atoms with Gasteiger partial charge in [0.25, 0.3) is 0 Å². The van der Waals surface area contributed by atoms with E-state index >= 15 is 0 Å². The molecule has 0 aliphatic heterocycles. The SMILES string of the molecule is O=C(O)c1ccccc1O.[Th]. The van der Waals surface area contributed by atoms with Gasteiger partial charge in [-0.3, -0.25) is 0 Å². The molecule has 11 heavy (non-hydrogen) atoms. The van der Waals surface area contributed by atoms with Crippen LogP contribution in [0.4, 0.5) is 0 Å². The molecule has 0 bridgehead atoms. The Morgan fingerprint density at radius 2 is 1.82 bits per heavy atom. The molecule has 0 saturated heterocycles. The van der Waals surface area contributed by atoms with Crippen LogP contribution in [-0.2, 0) is 0 Å². The second-order valence-electron chi connectivity index (χ2n) is 1.82. The van der Waals surface area contributed by atoms with Crippen molar-refractivity contribution < 1.29 is 54.9 Å². The topological polar surface area (TPSA) is 57.5 Å². The van der Waals surface area contributed by atoms with Crippen LogP contribution in [-0.4, -0.2) is 16.2 Å². The first-order valence-corrected chi connectivity index (χ1v) is 2.73. The molecule has 0 aliphatic carbocycles. The molecule has 1 aromatic carbocycles. The van der Waals surface area contributed by atoms with Crippen molar-refractivity contribution in [3.63, 3.8) is 0 Å². The van der Waals surface area contributed by atoms with Crippen LogP contribution in [0, 0.1) is 39.9 Å². The number of aromatic hydroxyl groups is 1. The molecule has 0 aromatic heterocycles. The molecular weight excluding hydrogens is 364 g/mol. The number of carboxylic acids is 1. The van der Waals surface area contributed by atoms with E-state index in [4.69, 9.17) is 10.2 Å². The molecule has 3 nitrogen and oxygen atoms in total. The van der Waals surface area contributed by atoms with Crippen LogP contribution in [0.25, 0.3) is 0 Å². The monoisotopic (exact) mass is 370 g/mol. The summed E-state index contributed by atoms with van der Waals surface area (Å²) >= 11 is 0. The quantitative estimate of drug-likeness (QED) is 0.779. The number of aromatic carboxylic acids is 1. The van der Waals surface area contributed by atoms with Gasteiger partial charge in [-0.25, -0.2) is 4.79 Å². The van der Waals surface area contributed by atoms with E-state index in [2.05, 4.69) is 0 Å². The van der Waals surface area contributed by atoms with Gasteiger partial charge in [-0.05, 0) is 12.1 Å². The smallest absolute Gasteiger partial charge is 0.339 e. The van der Waals surface area contributed by atoms with Gasteiger partial charge in [0.2, 0.25) is 0 Å². The van der Waals surface area contributed by atoms with E-state index in [0.29, 0.717) is 0 Å². The zero-order valence-electron chi connectivity index (χ0n) is 5.61. The van der Waals surface area contributed by atoms with Crippen LogP contribution in [0.5, 0.6) is 5.75 Å². The van der Waals surface area contributed by atoms with Gasteiger partial charge in [0.05, 0.1) is 0 Å². The van der Waals surface area contributed by atoms with Crippen LogP contribution in [0.3, 0.4) is 0 Å². The fraction of sp³-hybridized carbons (Fsp3) is 0. The van der Waals surface area contributed by atoms with E-state index in [9.17, 15) is 4.79 Å². The second kappa shape index (κ2) is 4.64. The molecule has 1 aromatic rings. The minimum Gasteiger partial charge on any atom is -0.507 e. The van der Waals surface area contributed by atoms with E-state index < -0.39 is 5.97 Å². The summed E-state index contributed by atoms with van der Waals surface area (Å²) in [4.78, 5) is 10.3. The Morgan fingerprint density at radius 3 is 2.18 bits per heavy atom. The third-order valence-electron chi connectivity index (χ3n) is 1.13. The maximum Gasteiger partial charge on any atom is 0.339 e. The van der Waals surface area contributed by atoms with Crippen LogP contribution in [0.15, 0.2) is 24.3 Å². The molecule has 0 saturated carbocycles. The van der Waals surface area contributed by atoms with E-state index in [0.717, 1.165) is 0 Å². The third kappa shape index (κ3) is 2.73. The zero-order chi connectivity index (χ0) is 7.56. The molecule has 2 N–H and O–H groups in total. The standard InChI is InChI=1S/C7H6O3.Th/c8-6-4-2-1-3-5(6)7(9)10;/h1-4,8H,(H,9,10);. The number of para-hydroxylation sites is 1.